The second-order valence-electron chi connectivity index (χ2n) is 5.55. The Balaban J connectivity index is 1.88. The summed E-state index contributed by atoms with van der Waals surface area (Å²) in [6, 6.07) is 7.42. The van der Waals surface area contributed by atoms with Gasteiger partial charge in [0.1, 0.15) is 6.04 Å². The van der Waals surface area contributed by atoms with E-state index in [1.54, 1.807) is 4.90 Å². The lowest BCUT2D eigenvalue weighted by Gasteiger charge is -2.36. The summed E-state index contributed by atoms with van der Waals surface area (Å²) < 4.78 is 0. The highest BCUT2D eigenvalue weighted by atomic mass is 16.2. The van der Waals surface area contributed by atoms with Gasteiger partial charge in [-0.25, -0.2) is 0 Å². The van der Waals surface area contributed by atoms with Crippen LogP contribution in [0.3, 0.4) is 0 Å². The molecule has 0 radical (unpaired) electrons. The fourth-order valence-electron chi connectivity index (χ4n) is 3.11. The highest BCUT2D eigenvalue weighted by Crippen LogP contribution is 2.25. The van der Waals surface area contributed by atoms with Gasteiger partial charge >= 0.3 is 0 Å². The second kappa shape index (κ2) is 5.25. The van der Waals surface area contributed by atoms with E-state index in [0.717, 1.165) is 24.1 Å². The number of amides is 2. The standard InChI is InChI=1S/C15H19N3O2/c16-14(19)13-7-10-3-1-2-4-12(10)9-18(13)15(20)11-5-6-17-8-11/h1-4,11,13,17H,5-9H2,(H2,16,19)/t11-,13+/m1/s1. The van der Waals surface area contributed by atoms with Gasteiger partial charge in [-0.15, -0.1) is 0 Å². The van der Waals surface area contributed by atoms with Crippen molar-refractivity contribution in [3.63, 3.8) is 0 Å². The Bertz CT molecular complexity index is 538. The predicted molar refractivity (Wildman–Crippen MR) is 74.7 cm³/mol. The number of benzene rings is 1. The van der Waals surface area contributed by atoms with Gasteiger partial charge in [-0.1, -0.05) is 24.3 Å². The van der Waals surface area contributed by atoms with Crippen molar-refractivity contribution >= 4 is 11.8 Å². The maximum absolute atomic E-state index is 12.6. The third kappa shape index (κ3) is 2.29. The number of primary amides is 1. The molecule has 1 aromatic rings. The Hall–Kier alpha value is -1.88. The number of fused-ring (bicyclic) bond motifs is 1. The van der Waals surface area contributed by atoms with E-state index in [1.165, 1.54) is 0 Å². The lowest BCUT2D eigenvalue weighted by atomic mass is 9.92. The van der Waals surface area contributed by atoms with Crippen LogP contribution in [0, 0.1) is 5.92 Å². The normalized spacial score (nSPS) is 25.3. The molecule has 0 saturated carbocycles. The first kappa shape index (κ1) is 13.1. The third-order valence-corrected chi connectivity index (χ3v) is 4.27. The number of nitrogens with one attached hydrogen (secondary N) is 1. The minimum atomic E-state index is -0.516. The van der Waals surface area contributed by atoms with Crippen molar-refractivity contribution in [2.24, 2.45) is 11.7 Å². The number of carbonyl (C=O) groups excluding carboxylic acids is 2. The molecule has 0 unspecified atom stereocenters. The zero-order valence-electron chi connectivity index (χ0n) is 11.3. The SMILES string of the molecule is NC(=O)[C@@H]1Cc2ccccc2CN1C(=O)[C@@H]1CCNC1. The Labute approximate surface area is 118 Å². The molecule has 2 aliphatic heterocycles. The largest absolute Gasteiger partial charge is 0.368 e. The topological polar surface area (TPSA) is 75.4 Å². The van der Waals surface area contributed by atoms with Crippen LogP contribution >= 0.6 is 0 Å². The number of hydrogen-bond acceptors (Lipinski definition) is 3. The van der Waals surface area contributed by atoms with E-state index in [4.69, 9.17) is 5.73 Å². The average molecular weight is 273 g/mol. The molecule has 106 valence electrons. The molecule has 5 heteroatoms. The van der Waals surface area contributed by atoms with Crippen molar-refractivity contribution in [3.05, 3.63) is 35.4 Å². The number of hydrogen-bond donors (Lipinski definition) is 2. The van der Waals surface area contributed by atoms with E-state index in [0.29, 0.717) is 19.5 Å². The fraction of sp³-hybridized carbons (Fsp3) is 0.467. The highest BCUT2D eigenvalue weighted by molar-refractivity contribution is 5.88. The zero-order chi connectivity index (χ0) is 14.1. The Morgan fingerprint density at radius 2 is 2.00 bits per heavy atom. The fourth-order valence-corrected chi connectivity index (χ4v) is 3.11. The molecule has 1 fully saturated rings. The maximum Gasteiger partial charge on any atom is 0.240 e. The van der Waals surface area contributed by atoms with Gasteiger partial charge in [-0.05, 0) is 24.1 Å². The molecule has 0 bridgehead atoms. The molecule has 0 aliphatic carbocycles. The first-order chi connectivity index (χ1) is 9.66. The van der Waals surface area contributed by atoms with Gasteiger partial charge in [-0.2, -0.15) is 0 Å². The lowest BCUT2D eigenvalue weighted by Crippen LogP contribution is -2.53. The van der Waals surface area contributed by atoms with Gasteiger partial charge in [0.2, 0.25) is 11.8 Å². The van der Waals surface area contributed by atoms with E-state index in [9.17, 15) is 9.59 Å². The van der Waals surface area contributed by atoms with Gasteiger partial charge in [-0.3, -0.25) is 9.59 Å². The first-order valence-corrected chi connectivity index (χ1v) is 7.04. The van der Waals surface area contributed by atoms with E-state index < -0.39 is 11.9 Å². The monoisotopic (exact) mass is 273 g/mol. The minimum absolute atomic E-state index is 0.0258. The average Bonchev–Trinajstić information content (AvgIpc) is 2.99. The molecule has 2 heterocycles. The van der Waals surface area contributed by atoms with E-state index >= 15 is 0 Å². The summed E-state index contributed by atoms with van der Waals surface area (Å²) in [5.74, 6) is -0.394. The quantitative estimate of drug-likeness (QED) is 0.798. The Morgan fingerprint density at radius 3 is 2.65 bits per heavy atom. The van der Waals surface area contributed by atoms with E-state index in [-0.39, 0.29) is 11.8 Å². The van der Waals surface area contributed by atoms with Gasteiger partial charge < -0.3 is 16.0 Å². The van der Waals surface area contributed by atoms with E-state index in [2.05, 4.69) is 5.32 Å². The lowest BCUT2D eigenvalue weighted by molar-refractivity contribution is -0.143. The summed E-state index contributed by atoms with van der Waals surface area (Å²) in [6.07, 6.45) is 1.36. The summed E-state index contributed by atoms with van der Waals surface area (Å²) in [5.41, 5.74) is 7.73. The molecule has 2 atom stereocenters. The highest BCUT2D eigenvalue weighted by Gasteiger charge is 2.36. The van der Waals surface area contributed by atoms with Crippen molar-refractivity contribution in [2.45, 2.75) is 25.4 Å². The zero-order valence-corrected chi connectivity index (χ0v) is 11.3. The van der Waals surface area contributed by atoms with Crippen LogP contribution in [-0.4, -0.2) is 35.8 Å². The van der Waals surface area contributed by atoms with Crippen LogP contribution in [-0.2, 0) is 22.6 Å². The molecule has 0 aromatic heterocycles. The van der Waals surface area contributed by atoms with Crippen molar-refractivity contribution in [3.8, 4) is 0 Å². The number of nitrogens with two attached hydrogens (primary N) is 1. The van der Waals surface area contributed by atoms with Crippen LogP contribution < -0.4 is 11.1 Å². The first-order valence-electron chi connectivity index (χ1n) is 7.04. The van der Waals surface area contributed by atoms with Crippen molar-refractivity contribution in [1.29, 1.82) is 0 Å². The van der Waals surface area contributed by atoms with E-state index in [1.807, 2.05) is 24.3 Å². The molecule has 1 aromatic carbocycles. The molecule has 5 nitrogen and oxygen atoms in total. The van der Waals surface area contributed by atoms with Crippen LogP contribution in [0.15, 0.2) is 24.3 Å². The van der Waals surface area contributed by atoms with Gasteiger partial charge in [0.05, 0.1) is 5.92 Å². The van der Waals surface area contributed by atoms with Crippen LogP contribution in [0.4, 0.5) is 0 Å². The molecule has 3 rings (SSSR count). The van der Waals surface area contributed by atoms with Crippen LogP contribution in [0.1, 0.15) is 17.5 Å². The molecule has 0 spiro atoms. The molecule has 2 amide bonds. The van der Waals surface area contributed by atoms with Crippen molar-refractivity contribution in [2.75, 3.05) is 13.1 Å². The summed E-state index contributed by atoms with van der Waals surface area (Å²) in [7, 11) is 0. The van der Waals surface area contributed by atoms with Crippen LogP contribution in [0.25, 0.3) is 0 Å². The number of nitrogens with zero attached hydrogens (tertiary/aromatic N) is 1. The molecule has 3 N–H and O–H groups in total. The molecule has 1 saturated heterocycles. The summed E-state index contributed by atoms with van der Waals surface area (Å²) in [6.45, 7) is 2.05. The number of rotatable bonds is 2. The summed E-state index contributed by atoms with van der Waals surface area (Å²) in [4.78, 5) is 26.0. The minimum Gasteiger partial charge on any atom is -0.368 e. The smallest absolute Gasteiger partial charge is 0.240 e. The summed E-state index contributed by atoms with van der Waals surface area (Å²) >= 11 is 0. The molecular formula is C15H19N3O2. The van der Waals surface area contributed by atoms with Gasteiger partial charge in [0.15, 0.2) is 0 Å². The van der Waals surface area contributed by atoms with Crippen LogP contribution in [0.2, 0.25) is 0 Å². The predicted octanol–water partition coefficient (Wildman–Crippen LogP) is 0.0347. The Kier molecular flexibility index (Phi) is 3.44. The molecule has 2 aliphatic rings. The maximum atomic E-state index is 12.6. The number of carbonyl (C=O) groups is 2. The molecule has 20 heavy (non-hydrogen) atoms. The second-order valence-corrected chi connectivity index (χ2v) is 5.55. The van der Waals surface area contributed by atoms with Gasteiger partial charge in [0.25, 0.3) is 0 Å². The summed E-state index contributed by atoms with van der Waals surface area (Å²) in [5, 5.41) is 3.19. The third-order valence-electron chi connectivity index (χ3n) is 4.27. The van der Waals surface area contributed by atoms with Gasteiger partial charge in [0, 0.05) is 19.5 Å². The molecular weight excluding hydrogens is 254 g/mol. The van der Waals surface area contributed by atoms with Crippen LogP contribution in [0.5, 0.6) is 0 Å². The Morgan fingerprint density at radius 1 is 1.25 bits per heavy atom. The van der Waals surface area contributed by atoms with Crippen molar-refractivity contribution < 1.29 is 9.59 Å². The van der Waals surface area contributed by atoms with Crippen molar-refractivity contribution in [1.82, 2.24) is 10.2 Å².